The number of aliphatic hydroxyl groups is 1. The summed E-state index contributed by atoms with van der Waals surface area (Å²) in [5.74, 6) is 2.29. The van der Waals surface area contributed by atoms with Crippen molar-refractivity contribution in [3.8, 4) is 0 Å². The van der Waals surface area contributed by atoms with E-state index in [9.17, 15) is 0 Å². The van der Waals surface area contributed by atoms with Crippen LogP contribution in [0.3, 0.4) is 0 Å². The molecule has 0 unspecified atom stereocenters. The van der Waals surface area contributed by atoms with Crippen LogP contribution in [0.2, 0.25) is 0 Å². The fourth-order valence-corrected chi connectivity index (χ4v) is 1.20. The van der Waals surface area contributed by atoms with E-state index in [0.717, 1.165) is 12.3 Å². The fraction of sp³-hybridized carbons (Fsp3) is 1.00. The highest BCUT2D eigenvalue weighted by molar-refractivity contribution is 7.99. The minimum atomic E-state index is -0.117. The molecule has 0 aromatic carbocycles. The summed E-state index contributed by atoms with van der Waals surface area (Å²) in [6.45, 7) is 7.34. The molecule has 0 aromatic heterocycles. The number of aliphatic hydroxyl groups excluding tert-OH is 1. The van der Waals surface area contributed by atoms with Crippen molar-refractivity contribution in [2.45, 2.75) is 26.3 Å². The van der Waals surface area contributed by atoms with Crippen molar-refractivity contribution in [2.24, 2.45) is 0 Å². The van der Waals surface area contributed by atoms with Gasteiger partial charge in [0, 0.05) is 17.8 Å². The molecule has 0 saturated carbocycles. The molecule has 0 atom stereocenters. The maximum atomic E-state index is 8.88. The third kappa shape index (κ3) is 6.66. The van der Waals surface area contributed by atoms with Gasteiger partial charge in [0.05, 0.1) is 6.61 Å². The summed E-state index contributed by atoms with van der Waals surface area (Å²) in [7, 11) is 0. The molecular weight excluding hydrogens is 158 g/mol. The Morgan fingerprint density at radius 3 is 2.55 bits per heavy atom. The molecule has 0 spiro atoms. The van der Waals surface area contributed by atoms with Gasteiger partial charge in [-0.25, -0.2) is 0 Å². The molecule has 68 valence electrons. The minimum absolute atomic E-state index is 0.117. The van der Waals surface area contributed by atoms with Crippen LogP contribution in [0.4, 0.5) is 0 Å². The van der Waals surface area contributed by atoms with Gasteiger partial charge < -0.3 is 10.4 Å². The molecule has 3 heteroatoms. The van der Waals surface area contributed by atoms with Crippen LogP contribution in [0.5, 0.6) is 0 Å². The van der Waals surface area contributed by atoms with E-state index < -0.39 is 0 Å². The van der Waals surface area contributed by atoms with Gasteiger partial charge in [0.2, 0.25) is 0 Å². The summed E-state index contributed by atoms with van der Waals surface area (Å²) in [6, 6.07) is 0. The SMILES string of the molecule is CCSCCNC(C)(C)CO. The second kappa shape index (κ2) is 5.86. The zero-order valence-corrected chi connectivity index (χ0v) is 8.50. The van der Waals surface area contributed by atoms with Gasteiger partial charge in [-0.2, -0.15) is 11.8 Å². The summed E-state index contributed by atoms with van der Waals surface area (Å²) < 4.78 is 0. The first kappa shape index (κ1) is 11.3. The van der Waals surface area contributed by atoms with Crippen LogP contribution >= 0.6 is 11.8 Å². The summed E-state index contributed by atoms with van der Waals surface area (Å²) in [6.07, 6.45) is 0. The maximum Gasteiger partial charge on any atom is 0.0607 e. The van der Waals surface area contributed by atoms with E-state index >= 15 is 0 Å². The van der Waals surface area contributed by atoms with Gasteiger partial charge in [-0.3, -0.25) is 0 Å². The van der Waals surface area contributed by atoms with Crippen LogP contribution in [0.1, 0.15) is 20.8 Å². The zero-order valence-electron chi connectivity index (χ0n) is 7.68. The van der Waals surface area contributed by atoms with E-state index in [1.165, 1.54) is 5.75 Å². The standard InChI is InChI=1S/C8H19NOS/c1-4-11-6-5-9-8(2,3)7-10/h9-10H,4-7H2,1-3H3. The first-order chi connectivity index (χ1) is 5.12. The molecule has 2 N–H and O–H groups in total. The summed E-state index contributed by atoms with van der Waals surface area (Å²) >= 11 is 1.92. The van der Waals surface area contributed by atoms with Gasteiger partial charge in [0.1, 0.15) is 0 Å². The monoisotopic (exact) mass is 177 g/mol. The topological polar surface area (TPSA) is 32.3 Å². The normalized spacial score (nSPS) is 12.0. The molecule has 0 bridgehead atoms. The maximum absolute atomic E-state index is 8.88. The number of rotatable bonds is 6. The quantitative estimate of drug-likeness (QED) is 0.596. The van der Waals surface area contributed by atoms with Gasteiger partial charge in [-0.05, 0) is 19.6 Å². The molecule has 0 aromatic rings. The van der Waals surface area contributed by atoms with Crippen LogP contribution in [0, 0.1) is 0 Å². The van der Waals surface area contributed by atoms with E-state index in [0.29, 0.717) is 0 Å². The Labute approximate surface area is 73.8 Å². The number of nitrogens with one attached hydrogen (secondary N) is 1. The number of hydrogen-bond donors (Lipinski definition) is 2. The highest BCUT2D eigenvalue weighted by atomic mass is 32.2. The van der Waals surface area contributed by atoms with Crippen LogP contribution in [0.25, 0.3) is 0 Å². The van der Waals surface area contributed by atoms with Gasteiger partial charge in [-0.1, -0.05) is 6.92 Å². The van der Waals surface area contributed by atoms with Gasteiger partial charge in [0.15, 0.2) is 0 Å². The Hall–Kier alpha value is 0.270. The highest BCUT2D eigenvalue weighted by Crippen LogP contribution is 2.01. The van der Waals surface area contributed by atoms with Crippen molar-refractivity contribution in [3.05, 3.63) is 0 Å². The smallest absolute Gasteiger partial charge is 0.0607 e. The third-order valence-corrected chi connectivity index (χ3v) is 2.35. The molecule has 0 aliphatic heterocycles. The van der Waals surface area contributed by atoms with Crippen LogP contribution in [0.15, 0.2) is 0 Å². The second-order valence-corrected chi connectivity index (χ2v) is 4.56. The lowest BCUT2D eigenvalue weighted by atomic mass is 10.1. The molecular formula is C8H19NOS. The lowest BCUT2D eigenvalue weighted by Crippen LogP contribution is -2.43. The molecule has 0 radical (unpaired) electrons. The number of thioether (sulfide) groups is 1. The molecule has 0 amide bonds. The Kier molecular flexibility index (Phi) is 6.01. The molecule has 0 saturated heterocycles. The van der Waals surface area contributed by atoms with E-state index in [4.69, 9.17) is 5.11 Å². The van der Waals surface area contributed by atoms with Gasteiger partial charge in [-0.15, -0.1) is 0 Å². The van der Waals surface area contributed by atoms with Crippen molar-refractivity contribution < 1.29 is 5.11 Å². The first-order valence-corrected chi connectivity index (χ1v) is 5.21. The molecule has 0 aliphatic rings. The lowest BCUT2D eigenvalue weighted by molar-refractivity contribution is 0.191. The summed E-state index contributed by atoms with van der Waals surface area (Å²) in [5, 5.41) is 12.2. The average Bonchev–Trinajstić information content (AvgIpc) is 1.99. The lowest BCUT2D eigenvalue weighted by Gasteiger charge is -2.23. The largest absolute Gasteiger partial charge is 0.394 e. The van der Waals surface area contributed by atoms with E-state index in [1.54, 1.807) is 0 Å². The van der Waals surface area contributed by atoms with Crippen molar-refractivity contribution >= 4 is 11.8 Å². The van der Waals surface area contributed by atoms with E-state index in [2.05, 4.69) is 12.2 Å². The van der Waals surface area contributed by atoms with Crippen molar-refractivity contribution in [2.75, 3.05) is 24.7 Å². The zero-order chi connectivity index (χ0) is 8.74. The van der Waals surface area contributed by atoms with E-state index in [1.807, 2.05) is 25.6 Å². The summed E-state index contributed by atoms with van der Waals surface area (Å²) in [4.78, 5) is 0. The second-order valence-electron chi connectivity index (χ2n) is 3.17. The molecule has 0 fully saturated rings. The molecule has 0 aliphatic carbocycles. The molecule has 2 nitrogen and oxygen atoms in total. The first-order valence-electron chi connectivity index (χ1n) is 4.06. The summed E-state index contributed by atoms with van der Waals surface area (Å²) in [5.41, 5.74) is -0.117. The Bertz CT molecular complexity index is 96.1. The van der Waals surface area contributed by atoms with Crippen molar-refractivity contribution in [1.29, 1.82) is 0 Å². The van der Waals surface area contributed by atoms with Crippen molar-refractivity contribution in [1.82, 2.24) is 5.32 Å². The van der Waals surface area contributed by atoms with Crippen LogP contribution in [-0.4, -0.2) is 35.3 Å². The predicted molar refractivity (Wildman–Crippen MR) is 52.2 cm³/mol. The Morgan fingerprint density at radius 2 is 2.09 bits per heavy atom. The Balaban J connectivity index is 3.23. The Morgan fingerprint density at radius 1 is 1.45 bits per heavy atom. The average molecular weight is 177 g/mol. The third-order valence-electron chi connectivity index (χ3n) is 1.45. The van der Waals surface area contributed by atoms with Gasteiger partial charge in [0.25, 0.3) is 0 Å². The van der Waals surface area contributed by atoms with Crippen LogP contribution in [-0.2, 0) is 0 Å². The molecule has 0 heterocycles. The molecule has 11 heavy (non-hydrogen) atoms. The van der Waals surface area contributed by atoms with Gasteiger partial charge >= 0.3 is 0 Å². The van der Waals surface area contributed by atoms with Crippen LogP contribution < -0.4 is 5.32 Å². The molecule has 0 rings (SSSR count). The fourth-order valence-electron chi connectivity index (χ4n) is 0.662. The van der Waals surface area contributed by atoms with Crippen molar-refractivity contribution in [3.63, 3.8) is 0 Å². The highest BCUT2D eigenvalue weighted by Gasteiger charge is 2.13. The van der Waals surface area contributed by atoms with E-state index in [-0.39, 0.29) is 12.1 Å². The predicted octanol–water partition coefficient (Wildman–Crippen LogP) is 1.10. The minimum Gasteiger partial charge on any atom is -0.394 e. The number of hydrogen-bond acceptors (Lipinski definition) is 3.